The number of aromatic nitrogens is 1. The first kappa shape index (κ1) is 24.7. The number of hydrogen-bond acceptors (Lipinski definition) is 5. The molecule has 0 radical (unpaired) electrons. The molecule has 4 rings (SSSR count). The van der Waals surface area contributed by atoms with Crippen LogP contribution in [0.4, 0.5) is 0 Å². The summed E-state index contributed by atoms with van der Waals surface area (Å²) in [6, 6.07) is 13.2. The Morgan fingerprint density at radius 2 is 1.60 bits per heavy atom. The largest absolute Gasteiger partial charge is 0.494 e. The second-order valence-corrected chi connectivity index (χ2v) is 8.69. The molecule has 1 aromatic heterocycles. The van der Waals surface area contributed by atoms with Crippen molar-refractivity contribution in [3.05, 3.63) is 59.2 Å². The zero-order valence-corrected chi connectivity index (χ0v) is 21.0. The minimum absolute atomic E-state index is 0.0123. The van der Waals surface area contributed by atoms with Gasteiger partial charge in [0.1, 0.15) is 11.5 Å². The lowest BCUT2D eigenvalue weighted by atomic mass is 10.0. The molecule has 0 atom stereocenters. The van der Waals surface area contributed by atoms with Gasteiger partial charge in [0.2, 0.25) is 5.88 Å². The number of carbonyl (C=O) groups excluding carboxylic acids is 1. The average Bonchev–Trinajstić information content (AvgIpc) is 3.18. The van der Waals surface area contributed by atoms with Gasteiger partial charge in [-0.3, -0.25) is 9.36 Å². The van der Waals surface area contributed by atoms with Crippen molar-refractivity contribution in [2.24, 2.45) is 0 Å². The molecule has 0 saturated carbocycles. The second kappa shape index (κ2) is 10.9. The lowest BCUT2D eigenvalue weighted by molar-refractivity contribution is -0.142. The van der Waals surface area contributed by atoms with Gasteiger partial charge in [0.05, 0.1) is 47.7 Å². The maximum Gasteiger partial charge on any atom is 0.310 e. The van der Waals surface area contributed by atoms with Gasteiger partial charge in [0, 0.05) is 17.0 Å². The second-order valence-electron chi connectivity index (χ2n) is 8.28. The first-order valence-corrected chi connectivity index (χ1v) is 12.4. The minimum Gasteiger partial charge on any atom is -0.494 e. The lowest BCUT2D eigenvalue weighted by Gasteiger charge is -2.15. The van der Waals surface area contributed by atoms with Crippen LogP contribution < -0.4 is 9.47 Å². The molecule has 0 amide bonds. The normalized spacial score (nSPS) is 11.2. The van der Waals surface area contributed by atoms with Gasteiger partial charge >= 0.3 is 5.97 Å². The minimum atomic E-state index is -0.312. The maximum atomic E-state index is 11.9. The molecule has 35 heavy (non-hydrogen) atoms. The van der Waals surface area contributed by atoms with Crippen molar-refractivity contribution >= 4 is 39.1 Å². The molecule has 0 aliphatic carbocycles. The van der Waals surface area contributed by atoms with Crippen molar-refractivity contribution < 1.29 is 24.1 Å². The summed E-state index contributed by atoms with van der Waals surface area (Å²) in [5.74, 6) is 1.02. The highest BCUT2D eigenvalue weighted by Crippen LogP contribution is 2.48. The van der Waals surface area contributed by atoms with E-state index < -0.39 is 0 Å². The van der Waals surface area contributed by atoms with Gasteiger partial charge in [-0.15, -0.1) is 0 Å². The molecule has 0 fully saturated rings. The highest BCUT2D eigenvalue weighted by Gasteiger charge is 2.24. The smallest absolute Gasteiger partial charge is 0.310 e. The molecule has 3 aromatic carbocycles. The van der Waals surface area contributed by atoms with E-state index >= 15 is 0 Å². The number of carbonyl (C=O) groups is 1. The molecule has 0 bridgehead atoms. The van der Waals surface area contributed by atoms with Gasteiger partial charge in [-0.2, -0.15) is 0 Å². The number of aromatic hydroxyl groups is 1. The van der Waals surface area contributed by atoms with E-state index in [1.165, 1.54) is 0 Å². The number of nitrogens with zero attached hydrogens (tertiary/aromatic N) is 1. The van der Waals surface area contributed by atoms with E-state index in [9.17, 15) is 9.90 Å². The van der Waals surface area contributed by atoms with Gasteiger partial charge in [0.25, 0.3) is 0 Å². The van der Waals surface area contributed by atoms with Crippen LogP contribution in [0.15, 0.2) is 48.7 Å². The summed E-state index contributed by atoms with van der Waals surface area (Å²) >= 11 is 6.63. The summed E-state index contributed by atoms with van der Waals surface area (Å²) in [5.41, 5.74) is 1.32. The van der Waals surface area contributed by atoms with E-state index in [2.05, 4.69) is 6.92 Å². The van der Waals surface area contributed by atoms with Crippen LogP contribution in [-0.4, -0.2) is 35.5 Å². The van der Waals surface area contributed by atoms with Crippen molar-refractivity contribution in [3.63, 3.8) is 0 Å². The van der Waals surface area contributed by atoms with Crippen molar-refractivity contribution in [2.75, 3.05) is 19.8 Å². The summed E-state index contributed by atoms with van der Waals surface area (Å²) in [5, 5.41) is 15.0. The monoisotopic (exact) mass is 495 g/mol. The quantitative estimate of drug-likeness (QED) is 0.244. The molecule has 0 aliphatic rings. The van der Waals surface area contributed by atoms with Crippen molar-refractivity contribution in [3.8, 4) is 23.1 Å². The molecule has 0 unspecified atom stereocenters. The summed E-state index contributed by atoms with van der Waals surface area (Å²) in [7, 11) is 0. The van der Waals surface area contributed by atoms with Crippen molar-refractivity contribution in [1.29, 1.82) is 0 Å². The standard InChI is InChI=1S/C28H30ClNO5/c1-4-13-34-26-19-9-7-8-10-20(19)27(35-14-5-2)25-21(26)17-30(28(25)32)23-12-11-18(15-22(23)29)16-24(31)33-6-3/h7-12,15,17,32H,4-6,13-14,16H2,1-3H3. The maximum absolute atomic E-state index is 11.9. The predicted molar refractivity (Wildman–Crippen MR) is 139 cm³/mol. The third kappa shape index (κ3) is 4.89. The molecular formula is C28H30ClNO5. The number of rotatable bonds is 10. The first-order chi connectivity index (χ1) is 17.0. The van der Waals surface area contributed by atoms with Crippen LogP contribution in [0.2, 0.25) is 5.02 Å². The van der Waals surface area contributed by atoms with Crippen LogP contribution in [0.1, 0.15) is 39.2 Å². The molecule has 0 saturated heterocycles. The molecule has 184 valence electrons. The van der Waals surface area contributed by atoms with E-state index in [-0.39, 0.29) is 18.3 Å². The Morgan fingerprint density at radius 1 is 0.943 bits per heavy atom. The fraction of sp³-hybridized carbons (Fsp3) is 0.321. The molecule has 6 nitrogen and oxygen atoms in total. The number of halogens is 1. The van der Waals surface area contributed by atoms with Crippen LogP contribution >= 0.6 is 11.6 Å². The Balaban J connectivity index is 1.91. The summed E-state index contributed by atoms with van der Waals surface area (Å²) in [6.07, 6.45) is 3.64. The summed E-state index contributed by atoms with van der Waals surface area (Å²) in [4.78, 5) is 11.9. The zero-order valence-electron chi connectivity index (χ0n) is 20.3. The number of hydrogen-bond donors (Lipinski definition) is 1. The van der Waals surface area contributed by atoms with E-state index in [1.807, 2.05) is 43.5 Å². The molecule has 1 N–H and O–H groups in total. The summed E-state index contributed by atoms with van der Waals surface area (Å²) in [6.45, 7) is 7.26. The fourth-order valence-corrected chi connectivity index (χ4v) is 4.48. The van der Waals surface area contributed by atoms with Gasteiger partial charge in [0.15, 0.2) is 0 Å². The average molecular weight is 496 g/mol. The fourth-order valence-electron chi connectivity index (χ4n) is 4.18. The highest BCUT2D eigenvalue weighted by molar-refractivity contribution is 6.32. The lowest BCUT2D eigenvalue weighted by Crippen LogP contribution is -2.07. The molecule has 0 spiro atoms. The highest BCUT2D eigenvalue weighted by atomic mass is 35.5. The SMILES string of the molecule is CCCOc1c2ccccc2c(OCCC)c2c(O)n(-c3ccc(CC(=O)OCC)cc3Cl)cc12. The van der Waals surface area contributed by atoms with Crippen molar-refractivity contribution in [1.82, 2.24) is 4.57 Å². The molecule has 1 heterocycles. The van der Waals surface area contributed by atoms with Crippen LogP contribution in [0.5, 0.6) is 17.4 Å². The number of esters is 1. The molecule has 7 heteroatoms. The van der Waals surface area contributed by atoms with E-state index in [4.69, 9.17) is 25.8 Å². The Labute approximate surface area is 210 Å². The van der Waals surface area contributed by atoms with Gasteiger partial charge < -0.3 is 19.3 Å². The van der Waals surface area contributed by atoms with E-state index in [0.717, 1.165) is 34.6 Å². The number of ether oxygens (including phenoxy) is 3. The topological polar surface area (TPSA) is 69.9 Å². The Bertz CT molecular complexity index is 1360. The predicted octanol–water partition coefficient (Wildman–Crippen LogP) is 6.83. The van der Waals surface area contributed by atoms with Crippen molar-refractivity contribution in [2.45, 2.75) is 40.0 Å². The number of fused-ring (bicyclic) bond motifs is 2. The third-order valence-corrected chi connectivity index (χ3v) is 6.00. The van der Waals surface area contributed by atoms with Crippen LogP contribution in [0.25, 0.3) is 27.2 Å². The molecular weight excluding hydrogens is 466 g/mol. The Kier molecular flexibility index (Phi) is 7.71. The molecule has 4 aromatic rings. The Hall–Kier alpha value is -3.38. The van der Waals surface area contributed by atoms with Gasteiger partial charge in [-0.05, 0) is 37.5 Å². The first-order valence-electron chi connectivity index (χ1n) is 12.0. The Morgan fingerprint density at radius 3 is 2.23 bits per heavy atom. The summed E-state index contributed by atoms with van der Waals surface area (Å²) < 4.78 is 19.0. The van der Waals surface area contributed by atoms with Crippen LogP contribution in [0.3, 0.4) is 0 Å². The number of benzene rings is 3. The third-order valence-electron chi connectivity index (χ3n) is 5.69. The molecule has 0 aliphatic heterocycles. The zero-order chi connectivity index (χ0) is 24.9. The van der Waals surface area contributed by atoms with E-state index in [0.29, 0.717) is 47.4 Å². The van der Waals surface area contributed by atoms with Gasteiger partial charge in [-0.1, -0.05) is 55.8 Å². The van der Waals surface area contributed by atoms with Gasteiger partial charge in [-0.25, -0.2) is 0 Å². The van der Waals surface area contributed by atoms with Crippen LogP contribution in [0, 0.1) is 0 Å². The van der Waals surface area contributed by atoms with Crippen LogP contribution in [-0.2, 0) is 16.0 Å². The van der Waals surface area contributed by atoms with E-state index in [1.54, 1.807) is 23.6 Å².